The Morgan fingerprint density at radius 1 is 1.15 bits per heavy atom. The summed E-state index contributed by atoms with van der Waals surface area (Å²) in [5.41, 5.74) is 1.64. The molecule has 7 nitrogen and oxygen atoms in total. The van der Waals surface area contributed by atoms with Gasteiger partial charge in [-0.1, -0.05) is 12.1 Å². The highest BCUT2D eigenvalue weighted by atomic mass is 16.5. The number of rotatable bonds is 7. The summed E-state index contributed by atoms with van der Waals surface area (Å²) >= 11 is 0. The number of ether oxygens (including phenoxy) is 4. The van der Waals surface area contributed by atoms with Crippen LogP contribution in [0.5, 0.6) is 11.5 Å². The Kier molecular flexibility index (Phi) is 6.41. The van der Waals surface area contributed by atoms with Gasteiger partial charge in [-0.2, -0.15) is 0 Å². The van der Waals surface area contributed by atoms with Crippen molar-refractivity contribution in [3.63, 3.8) is 0 Å². The minimum absolute atomic E-state index is 0.235. The summed E-state index contributed by atoms with van der Waals surface area (Å²) in [6.45, 7) is 2.41. The standard InChI is InChI=1S/C19H23NO6/c1-12-16(19(22)26-5)14(18(21)20(12)9-10-23-2)11-13-7-6-8-15(24-3)17(13)25-4/h6-8,11H,9-10H2,1-5H3/b14-11+. The Morgan fingerprint density at radius 2 is 1.88 bits per heavy atom. The lowest BCUT2D eigenvalue weighted by atomic mass is 10.0. The number of esters is 1. The van der Waals surface area contributed by atoms with Crippen LogP contribution in [0.4, 0.5) is 0 Å². The average molecular weight is 361 g/mol. The van der Waals surface area contributed by atoms with Gasteiger partial charge in [-0.05, 0) is 19.1 Å². The minimum atomic E-state index is -0.566. The van der Waals surface area contributed by atoms with Crippen molar-refractivity contribution < 1.29 is 28.5 Å². The van der Waals surface area contributed by atoms with Gasteiger partial charge >= 0.3 is 5.97 Å². The molecule has 0 saturated carbocycles. The van der Waals surface area contributed by atoms with E-state index in [9.17, 15) is 9.59 Å². The number of nitrogens with zero attached hydrogens (tertiary/aromatic N) is 1. The van der Waals surface area contributed by atoms with Gasteiger partial charge < -0.3 is 23.8 Å². The molecule has 0 aliphatic carbocycles. The van der Waals surface area contributed by atoms with Crippen LogP contribution in [0.1, 0.15) is 12.5 Å². The molecule has 0 atom stereocenters. The molecular formula is C19H23NO6. The molecule has 1 aliphatic rings. The van der Waals surface area contributed by atoms with Crippen LogP contribution >= 0.6 is 0 Å². The van der Waals surface area contributed by atoms with E-state index in [1.54, 1.807) is 38.3 Å². The van der Waals surface area contributed by atoms with E-state index >= 15 is 0 Å². The number of carbonyl (C=O) groups excluding carboxylic acids is 2. The zero-order chi connectivity index (χ0) is 19.3. The summed E-state index contributed by atoms with van der Waals surface area (Å²) in [5, 5.41) is 0. The Balaban J connectivity index is 2.58. The molecule has 1 aliphatic heterocycles. The largest absolute Gasteiger partial charge is 0.493 e. The van der Waals surface area contributed by atoms with Gasteiger partial charge in [0, 0.05) is 24.9 Å². The van der Waals surface area contributed by atoms with E-state index in [1.165, 1.54) is 26.2 Å². The third kappa shape index (κ3) is 3.57. The van der Waals surface area contributed by atoms with Crippen LogP contribution in [-0.2, 0) is 19.1 Å². The molecule has 140 valence electrons. The summed E-state index contributed by atoms with van der Waals surface area (Å²) in [7, 11) is 5.89. The summed E-state index contributed by atoms with van der Waals surface area (Å²) in [6, 6.07) is 5.32. The average Bonchev–Trinajstić information content (AvgIpc) is 2.89. The highest BCUT2D eigenvalue weighted by Gasteiger charge is 2.37. The van der Waals surface area contributed by atoms with E-state index in [0.717, 1.165) is 0 Å². The highest BCUT2D eigenvalue weighted by Crippen LogP contribution is 2.36. The third-order valence-electron chi connectivity index (χ3n) is 4.15. The van der Waals surface area contributed by atoms with Crippen molar-refractivity contribution in [3.05, 3.63) is 40.6 Å². The minimum Gasteiger partial charge on any atom is -0.493 e. The van der Waals surface area contributed by atoms with Crippen molar-refractivity contribution in [2.24, 2.45) is 0 Å². The summed E-state index contributed by atoms with van der Waals surface area (Å²) in [5.74, 6) is 0.157. The molecule has 0 spiro atoms. The molecule has 0 bridgehead atoms. The van der Waals surface area contributed by atoms with Crippen molar-refractivity contribution in [3.8, 4) is 11.5 Å². The molecule has 1 aromatic rings. The molecule has 0 fully saturated rings. The maximum absolute atomic E-state index is 12.9. The molecule has 0 radical (unpaired) electrons. The first-order valence-electron chi connectivity index (χ1n) is 8.03. The van der Waals surface area contributed by atoms with Gasteiger partial charge in [0.05, 0.1) is 39.1 Å². The molecular weight excluding hydrogens is 338 g/mol. The first-order chi connectivity index (χ1) is 12.5. The van der Waals surface area contributed by atoms with E-state index in [-0.39, 0.29) is 17.1 Å². The second-order valence-corrected chi connectivity index (χ2v) is 5.54. The normalized spacial score (nSPS) is 15.7. The van der Waals surface area contributed by atoms with Gasteiger partial charge in [0.2, 0.25) is 0 Å². The summed E-state index contributed by atoms with van der Waals surface area (Å²) < 4.78 is 20.6. The van der Waals surface area contributed by atoms with Gasteiger partial charge in [0.25, 0.3) is 5.91 Å². The summed E-state index contributed by atoms with van der Waals surface area (Å²) in [4.78, 5) is 26.7. The predicted molar refractivity (Wildman–Crippen MR) is 95.8 cm³/mol. The first-order valence-corrected chi connectivity index (χ1v) is 8.03. The Bertz CT molecular complexity index is 765. The van der Waals surface area contributed by atoms with Crippen molar-refractivity contribution in [2.75, 3.05) is 41.6 Å². The van der Waals surface area contributed by atoms with Crippen LogP contribution in [0.25, 0.3) is 6.08 Å². The molecule has 26 heavy (non-hydrogen) atoms. The highest BCUT2D eigenvalue weighted by molar-refractivity contribution is 6.16. The van der Waals surface area contributed by atoms with Gasteiger partial charge in [0.1, 0.15) is 0 Å². The zero-order valence-electron chi connectivity index (χ0n) is 15.6. The van der Waals surface area contributed by atoms with Gasteiger partial charge in [-0.25, -0.2) is 4.79 Å². The number of amides is 1. The number of allylic oxidation sites excluding steroid dienone is 1. The second kappa shape index (κ2) is 8.53. The van der Waals surface area contributed by atoms with Gasteiger partial charge in [-0.15, -0.1) is 0 Å². The van der Waals surface area contributed by atoms with Gasteiger partial charge in [-0.3, -0.25) is 4.79 Å². The van der Waals surface area contributed by atoms with Crippen molar-refractivity contribution in [2.45, 2.75) is 6.92 Å². The molecule has 0 saturated heterocycles. The zero-order valence-corrected chi connectivity index (χ0v) is 15.6. The Hall–Kier alpha value is -2.80. The lowest BCUT2D eigenvalue weighted by Gasteiger charge is -2.17. The van der Waals surface area contributed by atoms with E-state index < -0.39 is 5.97 Å². The van der Waals surface area contributed by atoms with Gasteiger partial charge in [0.15, 0.2) is 11.5 Å². The lowest BCUT2D eigenvalue weighted by Crippen LogP contribution is -2.28. The maximum Gasteiger partial charge on any atom is 0.340 e. The lowest BCUT2D eigenvalue weighted by molar-refractivity contribution is -0.136. The number of benzene rings is 1. The topological polar surface area (TPSA) is 74.3 Å². The molecule has 0 aromatic heterocycles. The smallest absolute Gasteiger partial charge is 0.340 e. The van der Waals surface area contributed by atoms with E-state index in [0.29, 0.717) is 35.9 Å². The summed E-state index contributed by atoms with van der Waals surface area (Å²) in [6.07, 6.45) is 1.62. The Labute approximate surface area is 152 Å². The van der Waals surface area contributed by atoms with Crippen LogP contribution in [0.2, 0.25) is 0 Å². The van der Waals surface area contributed by atoms with Crippen LogP contribution in [0.15, 0.2) is 35.0 Å². The molecule has 2 rings (SSSR count). The fourth-order valence-corrected chi connectivity index (χ4v) is 2.86. The number of hydrogen-bond acceptors (Lipinski definition) is 6. The SMILES string of the molecule is COCCN1C(=O)/C(=C/c2cccc(OC)c2OC)C(C(=O)OC)=C1C. The van der Waals surface area contributed by atoms with E-state index in [4.69, 9.17) is 18.9 Å². The quantitative estimate of drug-likeness (QED) is 0.546. The third-order valence-corrected chi connectivity index (χ3v) is 4.15. The van der Waals surface area contributed by atoms with Crippen LogP contribution in [-0.4, -0.2) is 58.4 Å². The second-order valence-electron chi connectivity index (χ2n) is 5.54. The fourth-order valence-electron chi connectivity index (χ4n) is 2.86. The molecule has 1 aromatic carbocycles. The van der Waals surface area contributed by atoms with E-state index in [1.807, 2.05) is 0 Å². The Morgan fingerprint density at radius 3 is 2.46 bits per heavy atom. The molecule has 7 heteroatoms. The van der Waals surface area contributed by atoms with Crippen molar-refractivity contribution >= 4 is 18.0 Å². The number of hydrogen-bond donors (Lipinski definition) is 0. The number of para-hydroxylation sites is 1. The maximum atomic E-state index is 12.9. The molecule has 1 amide bonds. The molecule has 0 unspecified atom stereocenters. The molecule has 0 N–H and O–H groups in total. The number of methoxy groups -OCH3 is 4. The van der Waals surface area contributed by atoms with E-state index in [2.05, 4.69) is 0 Å². The predicted octanol–water partition coefficient (Wildman–Crippen LogP) is 2.02. The van der Waals surface area contributed by atoms with Crippen LogP contribution < -0.4 is 9.47 Å². The van der Waals surface area contributed by atoms with Crippen LogP contribution in [0, 0.1) is 0 Å². The first kappa shape index (κ1) is 19.5. The fraction of sp³-hybridized carbons (Fsp3) is 0.368. The number of carbonyl (C=O) groups is 2. The van der Waals surface area contributed by atoms with Crippen molar-refractivity contribution in [1.82, 2.24) is 4.90 Å². The van der Waals surface area contributed by atoms with Crippen molar-refractivity contribution in [1.29, 1.82) is 0 Å². The van der Waals surface area contributed by atoms with Crippen LogP contribution in [0.3, 0.4) is 0 Å². The monoisotopic (exact) mass is 361 g/mol. The molecule has 1 heterocycles.